The molecule has 0 radical (unpaired) electrons. The first-order chi connectivity index (χ1) is 11.7. The van der Waals surface area contributed by atoms with Gasteiger partial charge in [-0.1, -0.05) is 0 Å². The van der Waals surface area contributed by atoms with Crippen molar-refractivity contribution >= 4 is 18.4 Å². The molecule has 0 aliphatic carbocycles. The summed E-state index contributed by atoms with van der Waals surface area (Å²) in [6, 6.07) is 10.1. The zero-order chi connectivity index (χ0) is 17.7. The Kier molecular flexibility index (Phi) is 11.8. The summed E-state index contributed by atoms with van der Waals surface area (Å²) in [5.74, 6) is 0. The van der Waals surface area contributed by atoms with E-state index in [4.69, 9.17) is 0 Å². The minimum absolute atomic E-state index is 0.352. The Balaban J connectivity index is 2.75. The first-order valence-corrected chi connectivity index (χ1v) is 17.8. The molecular weight excluding hydrogens is 399 g/mol. The summed E-state index contributed by atoms with van der Waals surface area (Å²) >= 11 is -2.17. The van der Waals surface area contributed by atoms with E-state index in [0.29, 0.717) is 0 Å². The molecule has 24 heavy (non-hydrogen) atoms. The molecule has 0 aliphatic rings. The predicted octanol–water partition coefficient (Wildman–Crippen LogP) is 7.05. The fourth-order valence-electron chi connectivity index (χ4n) is 3.47. The van der Waals surface area contributed by atoms with Crippen LogP contribution in [-0.4, -0.2) is 23.5 Å². The molecule has 1 N–H and O–H groups in total. The van der Waals surface area contributed by atoms with Gasteiger partial charge in [0, 0.05) is 0 Å². The third-order valence-corrected chi connectivity index (χ3v) is 19.3. The fourth-order valence-corrected chi connectivity index (χ4v) is 17.9. The second-order valence-electron chi connectivity index (χ2n) is 7.24. The Morgan fingerprint density at radius 2 is 1.38 bits per heavy atom. The third kappa shape index (κ3) is 8.20. The topological polar surface area (TPSA) is 20.2 Å². The van der Waals surface area contributed by atoms with E-state index >= 15 is 0 Å². The van der Waals surface area contributed by atoms with Crippen molar-refractivity contribution in [1.82, 2.24) is 0 Å². The molecule has 2 heteroatoms. The number of benzene rings is 1. The van der Waals surface area contributed by atoms with Crippen molar-refractivity contribution in [2.24, 2.45) is 0 Å². The van der Waals surface area contributed by atoms with Crippen LogP contribution in [0.15, 0.2) is 40.5 Å². The van der Waals surface area contributed by atoms with Gasteiger partial charge in [-0.05, 0) is 0 Å². The van der Waals surface area contributed by atoms with Crippen LogP contribution in [0, 0.1) is 0 Å². The average Bonchev–Trinajstić information content (AvgIpc) is 2.63. The van der Waals surface area contributed by atoms with Crippen molar-refractivity contribution in [2.45, 2.75) is 85.1 Å². The number of hydrogen-bond donors (Lipinski definition) is 1. The van der Waals surface area contributed by atoms with E-state index in [0.717, 1.165) is 12.0 Å². The van der Waals surface area contributed by atoms with E-state index in [1.807, 2.05) is 30.3 Å². The summed E-state index contributed by atoms with van der Waals surface area (Å²) < 4.78 is 7.18. The first kappa shape index (κ1) is 21.8. The van der Waals surface area contributed by atoms with Crippen LogP contribution in [0.5, 0.6) is 0 Å². The van der Waals surface area contributed by atoms with Gasteiger partial charge in [-0.3, -0.25) is 0 Å². The molecule has 0 fully saturated rings. The Bertz CT molecular complexity index is 419. The molecule has 1 aromatic carbocycles. The van der Waals surface area contributed by atoms with Crippen molar-refractivity contribution < 1.29 is 5.11 Å². The van der Waals surface area contributed by atoms with Crippen molar-refractivity contribution in [1.29, 1.82) is 0 Å². The standard InChI is InChI=1S/C10H11O.3C4H9.Sn/c1-2-6-10(11)9-7-4-3-5-8-9;3*1-3-4-2;/h1-5,7-8,10-11H,6H2;3*1,3-4H2,2H3;/t10-;;;;/m1..../s1. The molecule has 1 rings (SSSR count). The van der Waals surface area contributed by atoms with Crippen molar-refractivity contribution in [2.75, 3.05) is 0 Å². The van der Waals surface area contributed by atoms with Gasteiger partial charge in [0.1, 0.15) is 0 Å². The normalized spacial score (nSPS) is 13.5. The van der Waals surface area contributed by atoms with Gasteiger partial charge in [0.05, 0.1) is 0 Å². The van der Waals surface area contributed by atoms with Crippen LogP contribution in [0.4, 0.5) is 0 Å². The Labute approximate surface area is 154 Å². The molecule has 1 nitrogen and oxygen atoms in total. The van der Waals surface area contributed by atoms with E-state index in [1.165, 1.54) is 51.8 Å². The van der Waals surface area contributed by atoms with Crippen LogP contribution in [0.1, 0.15) is 77.4 Å². The molecule has 0 saturated heterocycles. The van der Waals surface area contributed by atoms with Crippen LogP contribution < -0.4 is 0 Å². The second-order valence-corrected chi connectivity index (χ2v) is 20.2. The summed E-state index contributed by atoms with van der Waals surface area (Å²) in [5.41, 5.74) is 1.04. The molecule has 0 amide bonds. The molecule has 136 valence electrons. The van der Waals surface area contributed by atoms with Crippen molar-refractivity contribution in [3.8, 4) is 0 Å². The monoisotopic (exact) mass is 438 g/mol. The van der Waals surface area contributed by atoms with Crippen molar-refractivity contribution in [3.63, 3.8) is 0 Å². The SMILES string of the molecule is CCC[CH2][Sn](/[CH]=C/C[C@@H](O)c1ccccc1)([CH2]CCC)[CH2]CCC. The fraction of sp³-hybridized carbons (Fsp3) is 0.636. The quantitative estimate of drug-likeness (QED) is 0.328. The molecule has 0 aromatic heterocycles. The van der Waals surface area contributed by atoms with E-state index < -0.39 is 18.4 Å². The third-order valence-electron chi connectivity index (χ3n) is 5.10. The van der Waals surface area contributed by atoms with Gasteiger partial charge in [-0.15, -0.1) is 0 Å². The van der Waals surface area contributed by atoms with Gasteiger partial charge >= 0.3 is 155 Å². The Morgan fingerprint density at radius 3 is 1.83 bits per heavy atom. The van der Waals surface area contributed by atoms with Gasteiger partial charge in [0.25, 0.3) is 0 Å². The number of aliphatic hydroxyl groups is 1. The summed E-state index contributed by atoms with van der Waals surface area (Å²) in [7, 11) is 0. The second kappa shape index (κ2) is 13.0. The van der Waals surface area contributed by atoms with Gasteiger partial charge < -0.3 is 0 Å². The maximum absolute atomic E-state index is 10.4. The van der Waals surface area contributed by atoms with E-state index in [1.54, 1.807) is 0 Å². The van der Waals surface area contributed by atoms with Gasteiger partial charge in [-0.25, -0.2) is 0 Å². The Morgan fingerprint density at radius 1 is 0.875 bits per heavy atom. The van der Waals surface area contributed by atoms with Crippen LogP contribution in [0.3, 0.4) is 0 Å². The molecule has 0 aliphatic heterocycles. The number of aliphatic hydroxyl groups excluding tert-OH is 1. The summed E-state index contributed by atoms with van der Waals surface area (Å²) in [6.07, 6.45) is 10.9. The van der Waals surface area contributed by atoms with Crippen LogP contribution in [0.25, 0.3) is 0 Å². The predicted molar refractivity (Wildman–Crippen MR) is 110 cm³/mol. The maximum atomic E-state index is 10.4. The van der Waals surface area contributed by atoms with Gasteiger partial charge in [0.2, 0.25) is 0 Å². The zero-order valence-electron chi connectivity index (χ0n) is 16.1. The molecule has 0 heterocycles. The van der Waals surface area contributed by atoms with Gasteiger partial charge in [0.15, 0.2) is 0 Å². The van der Waals surface area contributed by atoms with Crippen LogP contribution in [-0.2, 0) is 0 Å². The van der Waals surface area contributed by atoms with Gasteiger partial charge in [-0.2, -0.15) is 0 Å². The molecular formula is C22H38OSn. The molecule has 0 bridgehead atoms. The summed E-state index contributed by atoms with van der Waals surface area (Å²) in [5, 5.41) is 10.4. The van der Waals surface area contributed by atoms with Crippen LogP contribution in [0.2, 0.25) is 13.3 Å². The zero-order valence-corrected chi connectivity index (χ0v) is 19.0. The Hall–Kier alpha value is -0.281. The average molecular weight is 437 g/mol. The van der Waals surface area contributed by atoms with Crippen molar-refractivity contribution in [3.05, 3.63) is 46.1 Å². The van der Waals surface area contributed by atoms with E-state index in [9.17, 15) is 5.11 Å². The molecule has 0 saturated carbocycles. The van der Waals surface area contributed by atoms with E-state index in [-0.39, 0.29) is 6.10 Å². The minimum atomic E-state index is -2.17. The molecule has 1 aromatic rings. The van der Waals surface area contributed by atoms with Crippen LogP contribution >= 0.6 is 0 Å². The number of unbranched alkanes of at least 4 members (excludes halogenated alkanes) is 3. The van der Waals surface area contributed by atoms with E-state index in [2.05, 4.69) is 30.9 Å². The first-order valence-electron chi connectivity index (χ1n) is 10.1. The summed E-state index contributed by atoms with van der Waals surface area (Å²) in [6.45, 7) is 6.96. The molecule has 1 atom stereocenters. The molecule has 0 unspecified atom stereocenters. The summed E-state index contributed by atoms with van der Waals surface area (Å²) in [4.78, 5) is 0. The molecule has 0 spiro atoms. The number of rotatable bonds is 13. The number of hydrogen-bond acceptors (Lipinski definition) is 1.